The molecule has 0 fully saturated rings. The van der Waals surface area contributed by atoms with E-state index in [2.05, 4.69) is 10.5 Å². The van der Waals surface area contributed by atoms with Crippen molar-refractivity contribution < 1.29 is 23.8 Å². The van der Waals surface area contributed by atoms with Crippen molar-refractivity contribution in [2.24, 2.45) is 5.10 Å². The minimum absolute atomic E-state index is 0.144. The molecule has 7 heteroatoms. The summed E-state index contributed by atoms with van der Waals surface area (Å²) >= 11 is 0. The summed E-state index contributed by atoms with van der Waals surface area (Å²) in [7, 11) is 1.47. The molecule has 0 aliphatic heterocycles. The van der Waals surface area contributed by atoms with Crippen molar-refractivity contribution >= 4 is 18.1 Å². The number of hydrogen-bond acceptors (Lipinski definition) is 6. The summed E-state index contributed by atoms with van der Waals surface area (Å²) in [5, 5.41) is 3.87. The van der Waals surface area contributed by atoms with Crippen LogP contribution in [0.2, 0.25) is 0 Å². The summed E-state index contributed by atoms with van der Waals surface area (Å²) in [6.07, 6.45) is 1.45. The Balaban J connectivity index is 1.87. The lowest BCUT2D eigenvalue weighted by molar-refractivity contribution is -0.132. The molecule has 0 bridgehead atoms. The maximum Gasteiger partial charge on any atom is 0.308 e. The van der Waals surface area contributed by atoms with Crippen LogP contribution < -0.4 is 19.6 Å². The molecule has 0 spiro atoms. The van der Waals surface area contributed by atoms with Gasteiger partial charge in [-0.05, 0) is 42.8 Å². The van der Waals surface area contributed by atoms with Gasteiger partial charge in [0.15, 0.2) is 18.1 Å². The van der Waals surface area contributed by atoms with Crippen LogP contribution in [0.5, 0.6) is 17.2 Å². The lowest BCUT2D eigenvalue weighted by atomic mass is 10.2. The van der Waals surface area contributed by atoms with Gasteiger partial charge in [0, 0.05) is 6.92 Å². The number of nitrogens with one attached hydrogen (secondary N) is 1. The van der Waals surface area contributed by atoms with Gasteiger partial charge in [0.2, 0.25) is 0 Å². The minimum atomic E-state index is -0.439. The van der Waals surface area contributed by atoms with Crippen molar-refractivity contribution in [2.45, 2.75) is 13.8 Å². The third kappa shape index (κ3) is 5.94. The summed E-state index contributed by atoms with van der Waals surface area (Å²) < 4.78 is 15.5. The molecule has 2 aromatic carbocycles. The third-order valence-corrected chi connectivity index (χ3v) is 3.24. The van der Waals surface area contributed by atoms with Crippen LogP contribution in [-0.4, -0.2) is 31.8 Å². The van der Waals surface area contributed by atoms with E-state index >= 15 is 0 Å². The molecule has 2 aromatic rings. The van der Waals surface area contributed by atoms with E-state index in [-0.39, 0.29) is 12.5 Å². The molecule has 0 heterocycles. The number of amides is 1. The number of carbonyl (C=O) groups excluding carboxylic acids is 2. The first kappa shape index (κ1) is 19.0. The van der Waals surface area contributed by atoms with E-state index < -0.39 is 5.97 Å². The van der Waals surface area contributed by atoms with Crippen molar-refractivity contribution in [1.29, 1.82) is 0 Å². The fraction of sp³-hybridized carbons (Fsp3) is 0.211. The molecule has 0 atom stereocenters. The van der Waals surface area contributed by atoms with Crippen molar-refractivity contribution in [2.75, 3.05) is 13.7 Å². The number of hydrazone groups is 1. The van der Waals surface area contributed by atoms with Gasteiger partial charge in [-0.2, -0.15) is 5.10 Å². The van der Waals surface area contributed by atoms with Gasteiger partial charge >= 0.3 is 5.97 Å². The normalized spacial score (nSPS) is 10.4. The number of nitrogens with zero attached hydrogens (tertiary/aromatic N) is 1. The molecule has 1 amide bonds. The second-order valence-corrected chi connectivity index (χ2v) is 5.40. The zero-order valence-corrected chi connectivity index (χ0v) is 14.8. The molecule has 0 aliphatic rings. The standard InChI is InChI=1S/C19H20N2O5/c1-13-4-7-16(8-5-13)25-12-19(23)21-20-11-15-6-9-17(26-14(2)22)18(10-15)24-3/h4-11H,12H2,1-3H3,(H,21,23)/b20-11-. The average Bonchev–Trinajstić information content (AvgIpc) is 2.62. The van der Waals surface area contributed by atoms with E-state index in [1.165, 1.54) is 20.2 Å². The summed E-state index contributed by atoms with van der Waals surface area (Å²) in [6, 6.07) is 12.3. The average molecular weight is 356 g/mol. The Morgan fingerprint density at radius 1 is 1.12 bits per heavy atom. The topological polar surface area (TPSA) is 86.2 Å². The van der Waals surface area contributed by atoms with Crippen LogP contribution in [0, 0.1) is 6.92 Å². The zero-order valence-electron chi connectivity index (χ0n) is 14.8. The smallest absolute Gasteiger partial charge is 0.308 e. The van der Waals surface area contributed by atoms with E-state index in [1.54, 1.807) is 30.3 Å². The lowest BCUT2D eigenvalue weighted by Crippen LogP contribution is -2.24. The maximum absolute atomic E-state index is 11.7. The van der Waals surface area contributed by atoms with Crippen molar-refractivity contribution in [1.82, 2.24) is 5.43 Å². The van der Waals surface area contributed by atoms with E-state index in [1.807, 2.05) is 19.1 Å². The van der Waals surface area contributed by atoms with Crippen LogP contribution in [-0.2, 0) is 9.59 Å². The first-order valence-corrected chi connectivity index (χ1v) is 7.86. The number of ether oxygens (including phenoxy) is 3. The molecular weight excluding hydrogens is 336 g/mol. The first-order chi connectivity index (χ1) is 12.5. The molecule has 0 aromatic heterocycles. The van der Waals surface area contributed by atoms with Crippen molar-refractivity contribution in [3.63, 3.8) is 0 Å². The fourth-order valence-electron chi connectivity index (χ4n) is 2.00. The SMILES string of the molecule is COc1cc(/C=N\NC(=O)COc2ccc(C)cc2)ccc1OC(C)=O. The molecule has 0 saturated heterocycles. The van der Waals surface area contributed by atoms with Gasteiger partial charge in [0.1, 0.15) is 5.75 Å². The van der Waals surface area contributed by atoms with Gasteiger partial charge in [-0.15, -0.1) is 0 Å². The number of aryl methyl sites for hydroxylation is 1. The predicted molar refractivity (Wildman–Crippen MR) is 96.7 cm³/mol. The number of methoxy groups -OCH3 is 1. The van der Waals surface area contributed by atoms with Crippen LogP contribution in [0.4, 0.5) is 0 Å². The minimum Gasteiger partial charge on any atom is -0.493 e. The highest BCUT2D eigenvalue weighted by molar-refractivity contribution is 5.84. The van der Waals surface area contributed by atoms with E-state index in [4.69, 9.17) is 14.2 Å². The largest absolute Gasteiger partial charge is 0.493 e. The van der Waals surface area contributed by atoms with Gasteiger partial charge in [0.05, 0.1) is 13.3 Å². The summed E-state index contributed by atoms with van der Waals surface area (Å²) in [5.41, 5.74) is 4.15. The second kappa shape index (κ2) is 9.22. The third-order valence-electron chi connectivity index (χ3n) is 3.24. The summed E-state index contributed by atoms with van der Waals surface area (Å²) in [4.78, 5) is 22.8. The van der Waals surface area contributed by atoms with Crippen LogP contribution >= 0.6 is 0 Å². The highest BCUT2D eigenvalue weighted by Gasteiger charge is 2.07. The maximum atomic E-state index is 11.7. The predicted octanol–water partition coefficient (Wildman–Crippen LogP) is 2.46. The zero-order chi connectivity index (χ0) is 18.9. The quantitative estimate of drug-likeness (QED) is 0.356. The molecule has 1 N–H and O–H groups in total. The molecular formula is C19H20N2O5. The first-order valence-electron chi connectivity index (χ1n) is 7.86. The number of rotatable bonds is 7. The summed E-state index contributed by atoms with van der Waals surface area (Å²) in [5.74, 6) is 0.488. The number of benzene rings is 2. The Kier molecular flexibility index (Phi) is 6.73. The van der Waals surface area contributed by atoms with Crippen LogP contribution in [0.3, 0.4) is 0 Å². The van der Waals surface area contributed by atoms with E-state index in [0.717, 1.165) is 5.56 Å². The van der Waals surface area contributed by atoms with Gasteiger partial charge in [0.25, 0.3) is 5.91 Å². The van der Waals surface area contributed by atoms with Gasteiger partial charge in [-0.3, -0.25) is 9.59 Å². The van der Waals surface area contributed by atoms with E-state index in [9.17, 15) is 9.59 Å². The van der Waals surface area contributed by atoms with Crippen LogP contribution in [0.25, 0.3) is 0 Å². The Bertz CT molecular complexity index is 800. The molecule has 136 valence electrons. The molecule has 0 saturated carbocycles. The Hall–Kier alpha value is -3.35. The lowest BCUT2D eigenvalue weighted by Gasteiger charge is -2.08. The fourth-order valence-corrected chi connectivity index (χ4v) is 2.00. The molecule has 2 rings (SSSR count). The van der Waals surface area contributed by atoms with Gasteiger partial charge < -0.3 is 14.2 Å². The van der Waals surface area contributed by atoms with Gasteiger partial charge in [-0.1, -0.05) is 17.7 Å². The van der Waals surface area contributed by atoms with Crippen molar-refractivity contribution in [3.05, 3.63) is 53.6 Å². The van der Waals surface area contributed by atoms with Crippen LogP contribution in [0.15, 0.2) is 47.6 Å². The molecule has 0 aliphatic carbocycles. The highest BCUT2D eigenvalue weighted by atomic mass is 16.6. The van der Waals surface area contributed by atoms with E-state index in [0.29, 0.717) is 22.8 Å². The molecule has 0 radical (unpaired) electrons. The molecule has 26 heavy (non-hydrogen) atoms. The Morgan fingerprint density at radius 3 is 2.50 bits per heavy atom. The molecule has 7 nitrogen and oxygen atoms in total. The Labute approximate surface area is 151 Å². The monoisotopic (exact) mass is 356 g/mol. The highest BCUT2D eigenvalue weighted by Crippen LogP contribution is 2.27. The number of carbonyl (C=O) groups is 2. The summed E-state index contributed by atoms with van der Waals surface area (Å²) in [6.45, 7) is 3.14. The Morgan fingerprint density at radius 2 is 1.85 bits per heavy atom. The second-order valence-electron chi connectivity index (χ2n) is 5.40. The van der Waals surface area contributed by atoms with Crippen molar-refractivity contribution in [3.8, 4) is 17.2 Å². The number of hydrogen-bond donors (Lipinski definition) is 1. The van der Waals surface area contributed by atoms with Crippen LogP contribution in [0.1, 0.15) is 18.1 Å². The molecule has 0 unspecified atom stereocenters. The number of esters is 1. The van der Waals surface area contributed by atoms with Gasteiger partial charge in [-0.25, -0.2) is 5.43 Å².